The van der Waals surface area contributed by atoms with Crippen molar-refractivity contribution >= 4 is 11.8 Å². The molecule has 0 fully saturated rings. The Morgan fingerprint density at radius 2 is 1.59 bits per heavy atom. The van der Waals surface area contributed by atoms with Crippen molar-refractivity contribution in [3.8, 4) is 5.75 Å². The molecule has 0 spiro atoms. The zero-order valence-electron chi connectivity index (χ0n) is 17.3. The molecule has 2 aromatic carbocycles. The average molecular weight is 398 g/mol. The number of benzene rings is 2. The largest absolute Gasteiger partial charge is 0.492 e. The summed E-state index contributed by atoms with van der Waals surface area (Å²) in [4.78, 5) is 26.3. The first kappa shape index (κ1) is 22.4. The fourth-order valence-electron chi connectivity index (χ4n) is 2.89. The second-order valence-corrected chi connectivity index (χ2v) is 6.70. The number of carbonyl (C=O) groups is 2. The Hall–Kier alpha value is -2.86. The van der Waals surface area contributed by atoms with Gasteiger partial charge in [0.15, 0.2) is 0 Å². The van der Waals surface area contributed by atoms with E-state index in [4.69, 9.17) is 4.74 Å². The maximum atomic E-state index is 12.1. The lowest BCUT2D eigenvalue weighted by atomic mass is 10.1. The molecule has 2 aromatic rings. The van der Waals surface area contributed by atoms with Crippen LogP contribution in [0.3, 0.4) is 0 Å². The van der Waals surface area contributed by atoms with E-state index in [1.807, 2.05) is 54.6 Å². The van der Waals surface area contributed by atoms with Crippen molar-refractivity contribution in [2.45, 2.75) is 26.8 Å². The summed E-state index contributed by atoms with van der Waals surface area (Å²) in [5.74, 6) is 0.365. The molecular weight excluding hydrogens is 366 g/mol. The minimum absolute atomic E-state index is 0.0450. The van der Waals surface area contributed by atoms with Crippen molar-refractivity contribution in [3.63, 3.8) is 0 Å². The highest BCUT2D eigenvalue weighted by atomic mass is 16.5. The zero-order chi connectivity index (χ0) is 20.9. The van der Waals surface area contributed by atoms with E-state index in [2.05, 4.69) is 29.4 Å². The van der Waals surface area contributed by atoms with Gasteiger partial charge in [-0.3, -0.25) is 9.59 Å². The summed E-state index contributed by atoms with van der Waals surface area (Å²) in [6.07, 6.45) is 0.261. The van der Waals surface area contributed by atoms with Crippen LogP contribution in [0.25, 0.3) is 0 Å². The van der Waals surface area contributed by atoms with Crippen molar-refractivity contribution in [2.24, 2.45) is 0 Å². The van der Waals surface area contributed by atoms with E-state index in [9.17, 15) is 9.59 Å². The van der Waals surface area contributed by atoms with Crippen LogP contribution in [0.15, 0.2) is 54.6 Å². The first-order valence-corrected chi connectivity index (χ1v) is 10.1. The Labute approximate surface area is 173 Å². The van der Waals surface area contributed by atoms with Gasteiger partial charge in [0.25, 0.3) is 0 Å². The summed E-state index contributed by atoms with van der Waals surface area (Å²) in [5.41, 5.74) is 1.83. The van der Waals surface area contributed by atoms with E-state index < -0.39 is 0 Å². The molecule has 0 radical (unpaired) electrons. The zero-order valence-corrected chi connectivity index (χ0v) is 17.3. The summed E-state index contributed by atoms with van der Waals surface area (Å²) in [6, 6.07) is 17.1. The van der Waals surface area contributed by atoms with Crippen LogP contribution >= 0.6 is 0 Å². The maximum absolute atomic E-state index is 12.1. The van der Waals surface area contributed by atoms with Crippen LogP contribution in [0.5, 0.6) is 5.75 Å². The molecule has 0 heterocycles. The van der Waals surface area contributed by atoms with Gasteiger partial charge in [0.05, 0.1) is 13.0 Å². The van der Waals surface area contributed by atoms with Crippen LogP contribution in [0.4, 0.5) is 0 Å². The molecule has 29 heavy (non-hydrogen) atoms. The highest BCUT2D eigenvalue weighted by Gasteiger charge is 2.09. The van der Waals surface area contributed by atoms with Crippen LogP contribution in [0, 0.1) is 0 Å². The predicted octanol–water partition coefficient (Wildman–Crippen LogP) is 2.38. The molecule has 156 valence electrons. The van der Waals surface area contributed by atoms with Crippen LogP contribution in [0.2, 0.25) is 0 Å². The predicted molar refractivity (Wildman–Crippen MR) is 115 cm³/mol. The standard InChI is InChI=1S/C23H31N3O3/c1-3-26(4-2)14-15-29-21-13-9-8-12-20(21)17-24-23(28)18-25-22(27)16-19-10-6-5-7-11-19/h5-13H,3-4,14-18H2,1-2H3,(H,24,28)(H,25,27). The SMILES string of the molecule is CCN(CC)CCOc1ccccc1CNC(=O)CNC(=O)Cc1ccccc1. The Morgan fingerprint density at radius 3 is 2.31 bits per heavy atom. The van der Waals surface area contributed by atoms with Gasteiger partial charge in [-0.25, -0.2) is 0 Å². The average Bonchev–Trinajstić information content (AvgIpc) is 2.75. The van der Waals surface area contributed by atoms with Gasteiger partial charge in [-0.1, -0.05) is 62.4 Å². The monoisotopic (exact) mass is 397 g/mol. The van der Waals surface area contributed by atoms with Gasteiger partial charge in [0.1, 0.15) is 12.4 Å². The van der Waals surface area contributed by atoms with Gasteiger partial charge in [-0.2, -0.15) is 0 Å². The highest BCUT2D eigenvalue weighted by Crippen LogP contribution is 2.17. The van der Waals surface area contributed by atoms with E-state index in [0.717, 1.165) is 36.5 Å². The van der Waals surface area contributed by atoms with E-state index >= 15 is 0 Å². The summed E-state index contributed by atoms with van der Waals surface area (Å²) in [5, 5.41) is 5.49. The number of carbonyl (C=O) groups excluding carboxylic acids is 2. The van der Waals surface area contributed by atoms with Crippen molar-refractivity contribution in [1.29, 1.82) is 0 Å². The lowest BCUT2D eigenvalue weighted by Gasteiger charge is -2.19. The van der Waals surface area contributed by atoms with Crippen molar-refractivity contribution in [1.82, 2.24) is 15.5 Å². The third-order valence-electron chi connectivity index (χ3n) is 4.66. The third-order valence-corrected chi connectivity index (χ3v) is 4.66. The summed E-state index contributed by atoms with van der Waals surface area (Å²) in [7, 11) is 0. The van der Waals surface area contributed by atoms with Gasteiger partial charge in [0.2, 0.25) is 11.8 Å². The fourth-order valence-corrected chi connectivity index (χ4v) is 2.89. The molecule has 2 N–H and O–H groups in total. The number of hydrogen-bond acceptors (Lipinski definition) is 4. The molecule has 2 rings (SSSR count). The summed E-state index contributed by atoms with van der Waals surface area (Å²) >= 11 is 0. The quantitative estimate of drug-likeness (QED) is 0.577. The van der Waals surface area contributed by atoms with Crippen LogP contribution < -0.4 is 15.4 Å². The smallest absolute Gasteiger partial charge is 0.239 e. The fraction of sp³-hybridized carbons (Fsp3) is 0.391. The molecular formula is C23H31N3O3. The summed E-state index contributed by atoms with van der Waals surface area (Å²) in [6.45, 7) is 8.02. The molecule has 0 aliphatic heterocycles. The van der Waals surface area contributed by atoms with E-state index in [1.165, 1.54) is 0 Å². The highest BCUT2D eigenvalue weighted by molar-refractivity contribution is 5.85. The first-order chi connectivity index (χ1) is 14.1. The van der Waals surface area contributed by atoms with Gasteiger partial charge in [0, 0.05) is 18.7 Å². The van der Waals surface area contributed by atoms with Crippen LogP contribution in [0.1, 0.15) is 25.0 Å². The van der Waals surface area contributed by atoms with Gasteiger partial charge in [-0.15, -0.1) is 0 Å². The Bertz CT molecular complexity index is 761. The molecule has 6 heteroatoms. The summed E-state index contributed by atoms with van der Waals surface area (Å²) < 4.78 is 5.91. The number of para-hydroxylation sites is 1. The third kappa shape index (κ3) is 8.35. The number of rotatable bonds is 12. The van der Waals surface area contributed by atoms with Crippen molar-refractivity contribution in [2.75, 3.05) is 32.8 Å². The van der Waals surface area contributed by atoms with Gasteiger partial charge < -0.3 is 20.3 Å². The molecule has 0 aliphatic rings. The number of ether oxygens (including phenoxy) is 1. The molecule has 2 amide bonds. The number of nitrogens with zero attached hydrogens (tertiary/aromatic N) is 1. The van der Waals surface area contributed by atoms with Crippen molar-refractivity contribution in [3.05, 3.63) is 65.7 Å². The molecule has 6 nitrogen and oxygen atoms in total. The maximum Gasteiger partial charge on any atom is 0.239 e. The van der Waals surface area contributed by atoms with E-state index in [1.54, 1.807) is 0 Å². The molecule has 0 bridgehead atoms. The van der Waals surface area contributed by atoms with E-state index in [0.29, 0.717) is 13.2 Å². The minimum atomic E-state index is -0.232. The molecule has 0 atom stereocenters. The first-order valence-electron chi connectivity index (χ1n) is 10.1. The van der Waals surface area contributed by atoms with Gasteiger partial charge in [-0.05, 0) is 24.7 Å². The van der Waals surface area contributed by atoms with Crippen molar-refractivity contribution < 1.29 is 14.3 Å². The molecule has 0 aromatic heterocycles. The second-order valence-electron chi connectivity index (χ2n) is 6.70. The lowest BCUT2D eigenvalue weighted by molar-refractivity contribution is -0.125. The normalized spacial score (nSPS) is 10.6. The Balaban J connectivity index is 1.74. The minimum Gasteiger partial charge on any atom is -0.492 e. The number of nitrogens with one attached hydrogen (secondary N) is 2. The van der Waals surface area contributed by atoms with Gasteiger partial charge >= 0.3 is 0 Å². The van der Waals surface area contributed by atoms with Crippen LogP contribution in [-0.4, -0.2) is 49.5 Å². The molecule has 0 aliphatic carbocycles. The Morgan fingerprint density at radius 1 is 0.897 bits per heavy atom. The Kier molecular flexibility index (Phi) is 9.72. The number of likely N-dealkylation sites (N-methyl/N-ethyl adjacent to an activating group) is 1. The molecule has 0 saturated heterocycles. The lowest BCUT2D eigenvalue weighted by Crippen LogP contribution is -2.37. The molecule has 0 saturated carbocycles. The van der Waals surface area contributed by atoms with Crippen LogP contribution in [-0.2, 0) is 22.6 Å². The second kappa shape index (κ2) is 12.6. The number of hydrogen-bond donors (Lipinski definition) is 2. The number of amides is 2. The topological polar surface area (TPSA) is 70.7 Å². The van der Waals surface area contributed by atoms with E-state index in [-0.39, 0.29) is 24.8 Å². The molecule has 0 unspecified atom stereocenters.